The zero-order chi connectivity index (χ0) is 20.9. The van der Waals surface area contributed by atoms with E-state index in [1.54, 1.807) is 42.7 Å². The van der Waals surface area contributed by atoms with E-state index < -0.39 is 11.7 Å². The number of amides is 3. The first kappa shape index (κ1) is 22.3. The molecule has 0 bridgehead atoms. The molecule has 0 saturated carbocycles. The van der Waals surface area contributed by atoms with Gasteiger partial charge in [-0.2, -0.15) is 0 Å². The zero-order valence-corrected chi connectivity index (χ0v) is 17.8. The third kappa shape index (κ3) is 6.56. The molecule has 0 spiro atoms. The molecular weight excluding hydrogens is 405 g/mol. The number of halogens is 2. The average molecular weight is 430 g/mol. The largest absolute Gasteiger partial charge is 0.444 e. The number of nitrogens with one attached hydrogen (secondary N) is 1. The number of hydrogen-bond donors (Lipinski definition) is 1. The summed E-state index contributed by atoms with van der Waals surface area (Å²) in [7, 11) is 0. The van der Waals surface area contributed by atoms with Crippen LogP contribution in [0.2, 0.25) is 10.0 Å². The topological polar surface area (TPSA) is 79.0 Å². The van der Waals surface area contributed by atoms with Gasteiger partial charge in [0.15, 0.2) is 0 Å². The lowest BCUT2D eigenvalue weighted by Crippen LogP contribution is -2.51. The molecule has 0 unspecified atom stereocenters. The number of carbonyl (C=O) groups is 3. The Balaban J connectivity index is 1.77. The van der Waals surface area contributed by atoms with Crippen LogP contribution in [0.3, 0.4) is 0 Å². The zero-order valence-electron chi connectivity index (χ0n) is 16.3. The minimum atomic E-state index is -0.579. The molecule has 0 atom stereocenters. The van der Waals surface area contributed by atoms with E-state index in [1.165, 1.54) is 6.07 Å². The smallest absolute Gasteiger partial charge is 0.407 e. The first-order valence-corrected chi connectivity index (χ1v) is 9.81. The lowest BCUT2D eigenvalue weighted by Gasteiger charge is -2.35. The summed E-state index contributed by atoms with van der Waals surface area (Å²) in [6.45, 7) is 7.23. The Kier molecular flexibility index (Phi) is 7.55. The number of nitrogens with zero attached hydrogens (tertiary/aromatic N) is 2. The lowest BCUT2D eigenvalue weighted by molar-refractivity contribution is -0.132. The predicted molar refractivity (Wildman–Crippen MR) is 108 cm³/mol. The van der Waals surface area contributed by atoms with Crippen LogP contribution in [0.15, 0.2) is 18.2 Å². The Hall–Kier alpha value is -1.99. The fourth-order valence-corrected chi connectivity index (χ4v) is 3.23. The molecule has 0 aliphatic carbocycles. The first-order chi connectivity index (χ1) is 13.1. The Labute approximate surface area is 174 Å². The quantitative estimate of drug-likeness (QED) is 0.796. The number of alkyl carbamates (subject to hydrolysis) is 1. The normalized spacial score (nSPS) is 14.6. The number of ether oxygens (including phenoxy) is 1. The summed E-state index contributed by atoms with van der Waals surface area (Å²) in [4.78, 5) is 39.8. The van der Waals surface area contributed by atoms with Crippen LogP contribution < -0.4 is 5.32 Å². The summed E-state index contributed by atoms with van der Waals surface area (Å²) < 4.78 is 5.13. The van der Waals surface area contributed by atoms with E-state index in [-0.39, 0.29) is 24.8 Å². The Bertz CT molecular complexity index is 741. The Morgan fingerprint density at radius 1 is 1.07 bits per heavy atom. The maximum Gasteiger partial charge on any atom is 0.407 e. The van der Waals surface area contributed by atoms with Gasteiger partial charge in [-0.1, -0.05) is 23.2 Å². The molecule has 1 aromatic carbocycles. The molecule has 154 valence electrons. The van der Waals surface area contributed by atoms with E-state index in [4.69, 9.17) is 27.9 Å². The molecule has 1 aliphatic heterocycles. The maximum absolute atomic E-state index is 12.6. The van der Waals surface area contributed by atoms with Gasteiger partial charge in [-0.15, -0.1) is 0 Å². The molecule has 3 amide bonds. The van der Waals surface area contributed by atoms with Crippen molar-refractivity contribution in [1.82, 2.24) is 15.1 Å². The number of piperazine rings is 1. The van der Waals surface area contributed by atoms with Gasteiger partial charge in [0, 0.05) is 44.2 Å². The van der Waals surface area contributed by atoms with E-state index in [9.17, 15) is 14.4 Å². The molecule has 0 radical (unpaired) electrons. The van der Waals surface area contributed by atoms with Crippen LogP contribution in [0.25, 0.3) is 0 Å². The highest BCUT2D eigenvalue weighted by Crippen LogP contribution is 2.22. The van der Waals surface area contributed by atoms with Crippen molar-refractivity contribution in [1.29, 1.82) is 0 Å². The molecule has 7 nitrogen and oxygen atoms in total. The van der Waals surface area contributed by atoms with Crippen LogP contribution in [0, 0.1) is 0 Å². The van der Waals surface area contributed by atoms with E-state index >= 15 is 0 Å². The van der Waals surface area contributed by atoms with Crippen molar-refractivity contribution in [2.45, 2.75) is 32.8 Å². The summed E-state index contributed by atoms with van der Waals surface area (Å²) in [6.07, 6.45) is -0.369. The molecule has 1 aromatic rings. The minimum Gasteiger partial charge on any atom is -0.444 e. The minimum absolute atomic E-state index is 0.0762. The van der Waals surface area contributed by atoms with Crippen molar-refractivity contribution in [3.05, 3.63) is 33.8 Å². The predicted octanol–water partition coefficient (Wildman–Crippen LogP) is 3.19. The Morgan fingerprint density at radius 2 is 1.68 bits per heavy atom. The number of carbonyl (C=O) groups excluding carboxylic acids is 3. The van der Waals surface area contributed by atoms with Gasteiger partial charge in [0.1, 0.15) is 5.60 Å². The van der Waals surface area contributed by atoms with Crippen molar-refractivity contribution in [2.24, 2.45) is 0 Å². The highest BCUT2D eigenvalue weighted by atomic mass is 35.5. The molecule has 9 heteroatoms. The van der Waals surface area contributed by atoms with E-state index in [0.29, 0.717) is 41.8 Å². The second-order valence-electron chi connectivity index (χ2n) is 7.48. The molecule has 1 aliphatic rings. The van der Waals surface area contributed by atoms with E-state index in [1.807, 2.05) is 0 Å². The van der Waals surface area contributed by atoms with Gasteiger partial charge in [-0.05, 0) is 39.0 Å². The highest BCUT2D eigenvalue weighted by Gasteiger charge is 2.26. The molecule has 0 aromatic heterocycles. The van der Waals surface area contributed by atoms with Gasteiger partial charge in [-0.25, -0.2) is 4.79 Å². The second kappa shape index (κ2) is 9.47. The molecule has 1 saturated heterocycles. The van der Waals surface area contributed by atoms with Crippen LogP contribution in [0.1, 0.15) is 37.6 Å². The fourth-order valence-electron chi connectivity index (χ4n) is 2.74. The average Bonchev–Trinajstić information content (AvgIpc) is 2.59. The number of hydrogen-bond acceptors (Lipinski definition) is 4. The van der Waals surface area contributed by atoms with E-state index in [0.717, 1.165) is 0 Å². The monoisotopic (exact) mass is 429 g/mol. The Morgan fingerprint density at radius 3 is 2.25 bits per heavy atom. The molecule has 28 heavy (non-hydrogen) atoms. The molecular formula is C19H25Cl2N3O4. The first-order valence-electron chi connectivity index (χ1n) is 9.06. The van der Waals surface area contributed by atoms with Crippen molar-refractivity contribution in [3.8, 4) is 0 Å². The third-order valence-electron chi connectivity index (χ3n) is 4.09. The van der Waals surface area contributed by atoms with Crippen molar-refractivity contribution < 1.29 is 19.1 Å². The molecule has 1 fully saturated rings. The standard InChI is InChI=1S/C19H25Cl2N3O4/c1-19(2,3)28-18(27)22-7-6-16(25)23-8-10-24(11-9-23)17(26)14-5-4-13(20)12-15(14)21/h4-5,12H,6-11H2,1-3H3,(H,22,27). The summed E-state index contributed by atoms with van der Waals surface area (Å²) in [5.41, 5.74) is -0.184. The van der Waals surface area contributed by atoms with Crippen molar-refractivity contribution in [2.75, 3.05) is 32.7 Å². The van der Waals surface area contributed by atoms with Crippen molar-refractivity contribution in [3.63, 3.8) is 0 Å². The summed E-state index contributed by atoms with van der Waals surface area (Å²) in [5.74, 6) is -0.256. The molecule has 1 N–H and O–H groups in total. The fraction of sp³-hybridized carbons (Fsp3) is 0.526. The van der Waals surface area contributed by atoms with Crippen LogP contribution in [0.5, 0.6) is 0 Å². The summed E-state index contributed by atoms with van der Waals surface area (Å²) >= 11 is 12.0. The summed E-state index contributed by atoms with van der Waals surface area (Å²) in [5, 5.41) is 3.35. The number of rotatable bonds is 4. The van der Waals surface area contributed by atoms with Crippen LogP contribution in [-0.4, -0.2) is 66.0 Å². The van der Waals surface area contributed by atoms with Gasteiger partial charge in [0.25, 0.3) is 5.91 Å². The third-order valence-corrected chi connectivity index (χ3v) is 4.64. The number of benzene rings is 1. The SMILES string of the molecule is CC(C)(C)OC(=O)NCCC(=O)N1CCN(C(=O)c2ccc(Cl)cc2Cl)CC1. The lowest BCUT2D eigenvalue weighted by atomic mass is 10.1. The van der Waals surface area contributed by atoms with Gasteiger partial charge < -0.3 is 19.9 Å². The summed E-state index contributed by atoms with van der Waals surface area (Å²) in [6, 6.07) is 4.76. The van der Waals surface area contributed by atoms with Gasteiger partial charge >= 0.3 is 6.09 Å². The van der Waals surface area contributed by atoms with Crippen LogP contribution in [-0.2, 0) is 9.53 Å². The molecule has 2 rings (SSSR count). The van der Waals surface area contributed by atoms with E-state index in [2.05, 4.69) is 5.32 Å². The van der Waals surface area contributed by atoms with Gasteiger partial charge in [-0.3, -0.25) is 9.59 Å². The van der Waals surface area contributed by atoms with Gasteiger partial charge in [0.05, 0.1) is 10.6 Å². The van der Waals surface area contributed by atoms with Crippen molar-refractivity contribution >= 4 is 41.1 Å². The highest BCUT2D eigenvalue weighted by molar-refractivity contribution is 6.36. The molecule has 1 heterocycles. The van der Waals surface area contributed by atoms with Gasteiger partial charge in [0.2, 0.25) is 5.91 Å². The second-order valence-corrected chi connectivity index (χ2v) is 8.32. The van der Waals surface area contributed by atoms with Crippen LogP contribution in [0.4, 0.5) is 4.79 Å². The van der Waals surface area contributed by atoms with Crippen LogP contribution >= 0.6 is 23.2 Å². The maximum atomic E-state index is 12.6.